The maximum Gasteiger partial charge on any atom is 0.0368 e. The molecule has 2 heterocycles. The van der Waals surface area contributed by atoms with Crippen LogP contribution in [-0.4, -0.2) is 0 Å². The molecule has 168 valence electrons. The van der Waals surface area contributed by atoms with E-state index < -0.39 is 0 Å². The zero-order valence-corrected chi connectivity index (χ0v) is 21.0. The van der Waals surface area contributed by atoms with E-state index in [1.165, 1.54) is 73.4 Å². The molecule has 0 aliphatic carbocycles. The Morgan fingerprint density at radius 2 is 0.861 bits per heavy atom. The molecule has 0 spiro atoms. The molecule has 0 N–H and O–H groups in total. The first-order valence-electron chi connectivity index (χ1n) is 12.2. The lowest BCUT2D eigenvalue weighted by molar-refractivity contribution is 1.76. The van der Waals surface area contributed by atoms with Crippen molar-refractivity contribution in [1.82, 2.24) is 0 Å². The summed E-state index contributed by atoms with van der Waals surface area (Å²) in [4.78, 5) is 2.66. The van der Waals surface area contributed by atoms with E-state index in [1.807, 2.05) is 22.7 Å². The Morgan fingerprint density at radius 3 is 1.50 bits per heavy atom. The molecule has 2 heteroatoms. The van der Waals surface area contributed by atoms with Gasteiger partial charge in [-0.2, -0.15) is 0 Å². The maximum atomic E-state index is 2.38. The molecule has 0 aliphatic heterocycles. The molecule has 0 atom stereocenters. The van der Waals surface area contributed by atoms with Crippen LogP contribution in [0.3, 0.4) is 0 Å². The maximum absolute atomic E-state index is 2.38. The predicted molar refractivity (Wildman–Crippen MR) is 161 cm³/mol. The molecule has 0 amide bonds. The van der Waals surface area contributed by atoms with Gasteiger partial charge in [-0.05, 0) is 67.4 Å². The fraction of sp³-hybridized carbons (Fsp3) is 0. The van der Waals surface area contributed by atoms with E-state index in [0.29, 0.717) is 0 Å². The molecule has 6 aromatic carbocycles. The van der Waals surface area contributed by atoms with Crippen molar-refractivity contribution in [3.8, 4) is 20.9 Å². The standard InChI is InChI=1S/C34H20S2/c1-4-12-24-21(9-1)17-18-27-32(30-19-22-10-2-7-15-28(22)35-30)25-13-5-6-14-26(25)34(33(24)27)31-20-23-11-3-8-16-29(23)36-31/h1-20H. The molecule has 8 aromatic rings. The summed E-state index contributed by atoms with van der Waals surface area (Å²) in [6.45, 7) is 0. The van der Waals surface area contributed by atoms with Gasteiger partial charge in [0.2, 0.25) is 0 Å². The summed E-state index contributed by atoms with van der Waals surface area (Å²) in [6, 6.07) is 44.7. The second-order valence-corrected chi connectivity index (χ2v) is 11.5. The second-order valence-electron chi connectivity index (χ2n) is 9.30. The van der Waals surface area contributed by atoms with Gasteiger partial charge in [0.25, 0.3) is 0 Å². The average molecular weight is 493 g/mol. The topological polar surface area (TPSA) is 0 Å². The van der Waals surface area contributed by atoms with Crippen molar-refractivity contribution in [3.63, 3.8) is 0 Å². The third kappa shape index (κ3) is 2.92. The van der Waals surface area contributed by atoms with Gasteiger partial charge in [0.1, 0.15) is 0 Å². The van der Waals surface area contributed by atoms with E-state index in [4.69, 9.17) is 0 Å². The molecular formula is C34H20S2. The molecule has 36 heavy (non-hydrogen) atoms. The summed E-state index contributed by atoms with van der Waals surface area (Å²) >= 11 is 3.79. The van der Waals surface area contributed by atoms with Crippen molar-refractivity contribution in [2.45, 2.75) is 0 Å². The largest absolute Gasteiger partial charge is 0.135 e. The summed E-state index contributed by atoms with van der Waals surface area (Å²) in [5.74, 6) is 0. The van der Waals surface area contributed by atoms with Gasteiger partial charge < -0.3 is 0 Å². The van der Waals surface area contributed by atoms with Gasteiger partial charge in [0.05, 0.1) is 0 Å². The molecule has 0 fully saturated rings. The van der Waals surface area contributed by atoms with Gasteiger partial charge in [-0.15, -0.1) is 22.7 Å². The van der Waals surface area contributed by atoms with E-state index in [9.17, 15) is 0 Å². The van der Waals surface area contributed by atoms with E-state index in [0.717, 1.165) is 0 Å². The summed E-state index contributed by atoms with van der Waals surface area (Å²) in [5, 5.41) is 10.5. The van der Waals surface area contributed by atoms with Crippen LogP contribution in [0, 0.1) is 0 Å². The molecule has 0 nitrogen and oxygen atoms in total. The predicted octanol–water partition coefficient (Wildman–Crippen LogP) is 10.9. The first-order valence-corrected chi connectivity index (χ1v) is 13.8. The van der Waals surface area contributed by atoms with Crippen molar-refractivity contribution in [2.24, 2.45) is 0 Å². The van der Waals surface area contributed by atoms with Gasteiger partial charge in [0, 0.05) is 30.3 Å². The Morgan fingerprint density at radius 1 is 0.361 bits per heavy atom. The Bertz CT molecular complexity index is 2040. The summed E-state index contributed by atoms with van der Waals surface area (Å²) in [7, 11) is 0. The third-order valence-electron chi connectivity index (χ3n) is 7.26. The Kier molecular flexibility index (Phi) is 4.36. The van der Waals surface area contributed by atoms with E-state index >= 15 is 0 Å². The van der Waals surface area contributed by atoms with Crippen LogP contribution in [0.15, 0.2) is 121 Å². The zero-order chi connectivity index (χ0) is 23.6. The lowest BCUT2D eigenvalue weighted by Gasteiger charge is -2.17. The number of benzene rings is 6. The molecular weight excluding hydrogens is 473 g/mol. The molecule has 0 bridgehead atoms. The van der Waals surface area contributed by atoms with Gasteiger partial charge >= 0.3 is 0 Å². The van der Waals surface area contributed by atoms with Crippen molar-refractivity contribution in [1.29, 1.82) is 0 Å². The number of hydrogen-bond acceptors (Lipinski definition) is 2. The van der Waals surface area contributed by atoms with Crippen molar-refractivity contribution in [3.05, 3.63) is 121 Å². The average Bonchev–Trinajstić information content (AvgIpc) is 3.55. The summed E-state index contributed by atoms with van der Waals surface area (Å²) < 4.78 is 2.66. The lowest BCUT2D eigenvalue weighted by atomic mass is 9.87. The minimum absolute atomic E-state index is 1.28. The lowest BCUT2D eigenvalue weighted by Crippen LogP contribution is -1.89. The molecule has 2 aromatic heterocycles. The molecule has 0 saturated carbocycles. The molecule has 0 aliphatic rings. The fourth-order valence-electron chi connectivity index (χ4n) is 5.68. The van der Waals surface area contributed by atoms with Gasteiger partial charge in [-0.1, -0.05) is 97.1 Å². The first kappa shape index (κ1) is 20.2. The summed E-state index contributed by atoms with van der Waals surface area (Å²) in [5.41, 5.74) is 2.70. The SMILES string of the molecule is c1ccc2sc(-c3c4ccccc4c(-c4cc5ccccc5s4)c4c3ccc3ccccc34)cc2c1. The Hall–Kier alpha value is -3.98. The number of rotatable bonds is 2. The highest BCUT2D eigenvalue weighted by Gasteiger charge is 2.20. The van der Waals surface area contributed by atoms with Crippen LogP contribution < -0.4 is 0 Å². The van der Waals surface area contributed by atoms with Crippen LogP contribution in [-0.2, 0) is 0 Å². The molecule has 0 saturated heterocycles. The van der Waals surface area contributed by atoms with Crippen LogP contribution in [0.5, 0.6) is 0 Å². The number of thiophene rings is 2. The molecule has 0 radical (unpaired) electrons. The van der Waals surface area contributed by atoms with Gasteiger partial charge in [-0.3, -0.25) is 0 Å². The Labute approximate surface area is 216 Å². The quantitative estimate of drug-likeness (QED) is 0.166. The minimum Gasteiger partial charge on any atom is -0.135 e. The van der Waals surface area contributed by atoms with Crippen molar-refractivity contribution < 1.29 is 0 Å². The van der Waals surface area contributed by atoms with Crippen LogP contribution in [0.1, 0.15) is 0 Å². The van der Waals surface area contributed by atoms with E-state index in [2.05, 4.69) is 121 Å². The Balaban J connectivity index is 1.61. The van der Waals surface area contributed by atoms with E-state index in [1.54, 1.807) is 0 Å². The highest BCUT2D eigenvalue weighted by atomic mass is 32.1. The minimum atomic E-state index is 1.28. The summed E-state index contributed by atoms with van der Waals surface area (Å²) in [6.07, 6.45) is 0. The van der Waals surface area contributed by atoms with Crippen LogP contribution >= 0.6 is 22.7 Å². The van der Waals surface area contributed by atoms with Gasteiger partial charge in [0.15, 0.2) is 0 Å². The number of fused-ring (bicyclic) bond motifs is 6. The smallest absolute Gasteiger partial charge is 0.0368 e. The highest BCUT2D eigenvalue weighted by Crippen LogP contribution is 2.49. The molecule has 0 unspecified atom stereocenters. The van der Waals surface area contributed by atoms with Crippen molar-refractivity contribution >= 4 is 75.2 Å². The van der Waals surface area contributed by atoms with E-state index in [-0.39, 0.29) is 0 Å². The monoisotopic (exact) mass is 492 g/mol. The fourth-order valence-corrected chi connectivity index (χ4v) is 7.94. The normalized spacial score (nSPS) is 11.9. The van der Waals surface area contributed by atoms with Crippen LogP contribution in [0.2, 0.25) is 0 Å². The molecule has 8 rings (SSSR count). The van der Waals surface area contributed by atoms with Gasteiger partial charge in [-0.25, -0.2) is 0 Å². The highest BCUT2D eigenvalue weighted by molar-refractivity contribution is 7.23. The van der Waals surface area contributed by atoms with Crippen LogP contribution in [0.4, 0.5) is 0 Å². The number of hydrogen-bond donors (Lipinski definition) is 0. The van der Waals surface area contributed by atoms with Crippen LogP contribution in [0.25, 0.3) is 73.4 Å². The second kappa shape index (κ2) is 7.76. The third-order valence-corrected chi connectivity index (χ3v) is 9.53. The zero-order valence-electron chi connectivity index (χ0n) is 19.4. The first-order chi connectivity index (χ1) is 17.8. The van der Waals surface area contributed by atoms with Crippen molar-refractivity contribution in [2.75, 3.05) is 0 Å².